The number of aliphatic hydroxyl groups excluding tert-OH is 2. The summed E-state index contributed by atoms with van der Waals surface area (Å²) in [6.45, 7) is 3.22. The van der Waals surface area contributed by atoms with E-state index in [1.54, 1.807) is 0 Å². The van der Waals surface area contributed by atoms with Crippen LogP contribution < -0.4 is 11.5 Å². The number of aliphatic hydroxyl groups is 2. The van der Waals surface area contributed by atoms with E-state index in [-0.39, 0.29) is 19.8 Å². The first-order valence-electron chi connectivity index (χ1n) is 14.1. The van der Waals surface area contributed by atoms with Crippen LogP contribution in [-0.2, 0) is 24.4 Å². The first-order chi connectivity index (χ1) is 18.1. The van der Waals surface area contributed by atoms with E-state index in [4.69, 9.17) is 36.1 Å². The zero-order chi connectivity index (χ0) is 29.5. The topological polar surface area (TPSA) is 210 Å². The number of carbonyl (C=O) groups is 2. The van der Waals surface area contributed by atoms with Gasteiger partial charge in [0.15, 0.2) is 5.25 Å². The Labute approximate surface area is 230 Å². The van der Waals surface area contributed by atoms with Crippen molar-refractivity contribution in [3.05, 3.63) is 0 Å². The quantitative estimate of drug-likeness (QED) is 0.0593. The smallest absolute Gasteiger partial charge is 0.327 e. The summed E-state index contributed by atoms with van der Waals surface area (Å²) in [5.41, 5.74) is 9.56. The molecule has 0 spiro atoms. The normalized spacial score (nSPS) is 11.5. The number of carboxylic acid groups (broad SMARTS) is 1. The molecular weight excluding hydrogens is 516 g/mol. The summed E-state index contributed by atoms with van der Waals surface area (Å²) in [7, 11) is -4.79. The van der Waals surface area contributed by atoms with Crippen LogP contribution in [0.4, 0.5) is 0 Å². The van der Waals surface area contributed by atoms with Gasteiger partial charge in [0, 0.05) is 13.1 Å². The van der Waals surface area contributed by atoms with Gasteiger partial charge in [0.05, 0.1) is 26.2 Å². The van der Waals surface area contributed by atoms with Crippen molar-refractivity contribution in [1.29, 1.82) is 0 Å². The van der Waals surface area contributed by atoms with Crippen molar-refractivity contribution in [2.24, 2.45) is 11.5 Å². The van der Waals surface area contributed by atoms with E-state index in [0.717, 1.165) is 19.3 Å². The summed E-state index contributed by atoms with van der Waals surface area (Å²) in [5.74, 6) is -2.70. The lowest BCUT2D eigenvalue weighted by Crippen LogP contribution is -2.34. The lowest BCUT2D eigenvalue weighted by molar-refractivity contribution is -0.147. The van der Waals surface area contributed by atoms with Gasteiger partial charge in [0.25, 0.3) is 10.1 Å². The third kappa shape index (κ3) is 34.7. The van der Waals surface area contributed by atoms with Crippen molar-refractivity contribution in [2.75, 3.05) is 32.9 Å². The van der Waals surface area contributed by atoms with Crippen molar-refractivity contribution in [1.82, 2.24) is 0 Å². The standard InChI is InChI=1S/C22H42O7S.2C2H7NO/c1-2-3-4-5-6-7-8-9-10-11-12-13-14-15-16-17-18-29-22(25)20(19-21(23)24)30(26,27)28;2*3-1-2-4/h20H,2-19H2,1H3,(H,23,24)(H,26,27,28);2*4H,1-3H2. The van der Waals surface area contributed by atoms with Crippen LogP contribution >= 0.6 is 0 Å². The Morgan fingerprint density at radius 2 is 1.03 bits per heavy atom. The van der Waals surface area contributed by atoms with Gasteiger partial charge in [0.2, 0.25) is 0 Å². The van der Waals surface area contributed by atoms with Gasteiger partial charge in [-0.25, -0.2) is 0 Å². The second-order valence-corrected chi connectivity index (χ2v) is 10.7. The van der Waals surface area contributed by atoms with E-state index < -0.39 is 33.7 Å². The predicted octanol–water partition coefficient (Wildman–Crippen LogP) is 3.40. The Kier molecular flexibility index (Phi) is 34.6. The van der Waals surface area contributed by atoms with Gasteiger partial charge < -0.3 is 31.5 Å². The van der Waals surface area contributed by atoms with E-state index in [0.29, 0.717) is 19.5 Å². The van der Waals surface area contributed by atoms with Crippen LogP contribution in [0.1, 0.15) is 116 Å². The highest BCUT2D eigenvalue weighted by Gasteiger charge is 2.34. The molecule has 12 heteroatoms. The molecule has 1 unspecified atom stereocenters. The molecule has 8 N–H and O–H groups in total. The Hall–Kier alpha value is -1.31. The van der Waals surface area contributed by atoms with E-state index in [9.17, 15) is 18.0 Å². The van der Waals surface area contributed by atoms with E-state index >= 15 is 0 Å². The highest BCUT2D eigenvalue weighted by Crippen LogP contribution is 2.14. The summed E-state index contributed by atoms with van der Waals surface area (Å²) >= 11 is 0. The number of rotatable bonds is 23. The van der Waals surface area contributed by atoms with Crippen LogP contribution in [-0.4, -0.2) is 78.4 Å². The molecule has 0 aliphatic heterocycles. The van der Waals surface area contributed by atoms with Gasteiger partial charge in [-0.1, -0.05) is 103 Å². The maximum atomic E-state index is 11.7. The molecule has 0 bridgehead atoms. The van der Waals surface area contributed by atoms with Gasteiger partial charge in [-0.3, -0.25) is 14.1 Å². The molecule has 0 aromatic carbocycles. The Balaban J connectivity index is -0.00000133. The van der Waals surface area contributed by atoms with E-state index in [1.807, 2.05) is 0 Å². The minimum atomic E-state index is -4.79. The average Bonchev–Trinajstić information content (AvgIpc) is 2.88. The van der Waals surface area contributed by atoms with Crippen molar-refractivity contribution in [2.45, 2.75) is 121 Å². The minimum absolute atomic E-state index is 0.0307. The van der Waals surface area contributed by atoms with Crippen LogP contribution in [0.15, 0.2) is 0 Å². The zero-order valence-electron chi connectivity index (χ0n) is 23.5. The largest absolute Gasteiger partial charge is 0.481 e. The Morgan fingerprint density at radius 1 is 0.711 bits per heavy atom. The second kappa shape index (κ2) is 31.9. The summed E-state index contributed by atoms with van der Waals surface area (Å²) in [4.78, 5) is 22.3. The summed E-state index contributed by atoms with van der Waals surface area (Å²) in [6, 6.07) is 0. The third-order valence-electron chi connectivity index (χ3n) is 5.48. The minimum Gasteiger partial charge on any atom is -0.481 e. The Bertz CT molecular complexity index is 612. The van der Waals surface area contributed by atoms with Crippen molar-refractivity contribution < 1.29 is 42.6 Å². The molecule has 0 amide bonds. The zero-order valence-corrected chi connectivity index (χ0v) is 24.3. The van der Waals surface area contributed by atoms with Crippen LogP contribution in [0.2, 0.25) is 0 Å². The Morgan fingerprint density at radius 3 is 1.29 bits per heavy atom. The average molecular weight is 573 g/mol. The number of hydrogen-bond acceptors (Lipinski definition) is 9. The van der Waals surface area contributed by atoms with Crippen LogP contribution in [0.5, 0.6) is 0 Å². The fourth-order valence-electron chi connectivity index (χ4n) is 3.38. The molecule has 230 valence electrons. The summed E-state index contributed by atoms with van der Waals surface area (Å²) in [5, 5.41) is 22.1. The van der Waals surface area contributed by atoms with E-state index in [2.05, 4.69) is 6.92 Å². The number of carboxylic acids is 1. The number of aliphatic carboxylic acids is 1. The second-order valence-electron chi connectivity index (χ2n) is 9.10. The molecule has 11 nitrogen and oxygen atoms in total. The number of unbranched alkanes of at least 4 members (excludes halogenated alkanes) is 15. The van der Waals surface area contributed by atoms with Gasteiger partial charge >= 0.3 is 11.9 Å². The molecule has 0 radical (unpaired) electrons. The molecule has 0 aliphatic rings. The molecular formula is C26H56N2O9S. The SMILES string of the molecule is CCCCCCCCCCCCCCCCCCOC(=O)C(CC(=O)O)S(=O)(=O)O.NCCO.NCCO. The third-order valence-corrected chi connectivity index (χ3v) is 6.56. The predicted molar refractivity (Wildman–Crippen MR) is 150 cm³/mol. The molecule has 0 aliphatic carbocycles. The number of hydrogen-bond donors (Lipinski definition) is 6. The van der Waals surface area contributed by atoms with Crippen LogP contribution in [0, 0.1) is 0 Å². The van der Waals surface area contributed by atoms with Crippen LogP contribution in [0.3, 0.4) is 0 Å². The lowest BCUT2D eigenvalue weighted by Gasteiger charge is -2.11. The van der Waals surface area contributed by atoms with Gasteiger partial charge in [0.1, 0.15) is 0 Å². The molecule has 0 rings (SSSR count). The maximum Gasteiger partial charge on any atom is 0.327 e. The summed E-state index contributed by atoms with van der Waals surface area (Å²) in [6.07, 6.45) is 18.5. The van der Waals surface area contributed by atoms with Crippen molar-refractivity contribution >= 4 is 22.1 Å². The van der Waals surface area contributed by atoms with Gasteiger partial charge in [-0.05, 0) is 6.42 Å². The molecule has 0 heterocycles. The highest BCUT2D eigenvalue weighted by molar-refractivity contribution is 7.87. The first kappa shape index (κ1) is 41.2. The molecule has 1 atom stereocenters. The van der Waals surface area contributed by atoms with Crippen LogP contribution in [0.25, 0.3) is 0 Å². The number of ether oxygens (including phenoxy) is 1. The van der Waals surface area contributed by atoms with Crippen molar-refractivity contribution in [3.63, 3.8) is 0 Å². The summed E-state index contributed by atoms with van der Waals surface area (Å²) < 4.78 is 35.9. The molecule has 0 aromatic heterocycles. The fourth-order valence-corrected chi connectivity index (χ4v) is 4.05. The lowest BCUT2D eigenvalue weighted by atomic mass is 10.0. The monoisotopic (exact) mass is 572 g/mol. The first-order valence-corrected chi connectivity index (χ1v) is 15.6. The highest BCUT2D eigenvalue weighted by atomic mass is 32.2. The molecule has 0 saturated heterocycles. The molecule has 0 aromatic rings. The molecule has 0 saturated carbocycles. The molecule has 0 fully saturated rings. The van der Waals surface area contributed by atoms with Gasteiger partial charge in [-0.2, -0.15) is 8.42 Å². The number of nitrogens with two attached hydrogens (primary N) is 2. The molecule has 38 heavy (non-hydrogen) atoms. The van der Waals surface area contributed by atoms with E-state index in [1.165, 1.54) is 77.0 Å². The number of esters is 1. The van der Waals surface area contributed by atoms with Gasteiger partial charge in [-0.15, -0.1) is 0 Å². The van der Waals surface area contributed by atoms with Crippen molar-refractivity contribution in [3.8, 4) is 0 Å². The fraction of sp³-hybridized carbons (Fsp3) is 0.923. The maximum absolute atomic E-state index is 11.7. The number of carbonyl (C=O) groups excluding carboxylic acids is 1.